The van der Waals surface area contributed by atoms with Crippen molar-refractivity contribution in [3.8, 4) is 0 Å². The molecule has 0 atom stereocenters. The van der Waals surface area contributed by atoms with Crippen LogP contribution in [0.15, 0.2) is 45.9 Å². The van der Waals surface area contributed by atoms with Gasteiger partial charge < -0.3 is 0 Å². The van der Waals surface area contributed by atoms with Gasteiger partial charge in [0.05, 0.1) is 15.5 Å². The van der Waals surface area contributed by atoms with Crippen molar-refractivity contribution in [2.75, 3.05) is 0 Å². The Morgan fingerprint density at radius 1 is 1.29 bits per heavy atom. The largest absolute Gasteiger partial charge is 0.324 e. The molecule has 17 heavy (non-hydrogen) atoms. The van der Waals surface area contributed by atoms with Crippen LogP contribution in [0.2, 0.25) is 0 Å². The number of halogens is 1. The van der Waals surface area contributed by atoms with Gasteiger partial charge in [-0.2, -0.15) is 0 Å². The summed E-state index contributed by atoms with van der Waals surface area (Å²) in [5.41, 5.74) is 0.795. The van der Waals surface area contributed by atoms with E-state index in [0.717, 1.165) is 26.4 Å². The summed E-state index contributed by atoms with van der Waals surface area (Å²) in [6.07, 6.45) is 1.62. The van der Waals surface area contributed by atoms with E-state index in [-0.39, 0.29) is 5.00 Å². The SMILES string of the molecule is O=[N+]([O-])c1ccc(C=Nc2ccccc2Br)s1. The normalized spacial score (nSPS) is 10.9. The maximum atomic E-state index is 10.5. The van der Waals surface area contributed by atoms with E-state index >= 15 is 0 Å². The van der Waals surface area contributed by atoms with Gasteiger partial charge >= 0.3 is 5.00 Å². The third-order valence-electron chi connectivity index (χ3n) is 1.98. The lowest BCUT2D eigenvalue weighted by atomic mass is 10.3. The number of thiophene rings is 1. The number of aliphatic imine (C=N–C) groups is 1. The van der Waals surface area contributed by atoms with Crippen molar-refractivity contribution in [3.05, 3.63) is 55.9 Å². The van der Waals surface area contributed by atoms with E-state index in [0.29, 0.717) is 0 Å². The van der Waals surface area contributed by atoms with Crippen molar-refractivity contribution in [1.82, 2.24) is 0 Å². The van der Waals surface area contributed by atoms with Crippen LogP contribution < -0.4 is 0 Å². The number of nitrogens with zero attached hydrogens (tertiary/aromatic N) is 2. The van der Waals surface area contributed by atoms with Crippen LogP contribution in [0.4, 0.5) is 10.7 Å². The molecule has 1 aromatic heterocycles. The van der Waals surface area contributed by atoms with E-state index in [4.69, 9.17) is 0 Å². The minimum Gasteiger partial charge on any atom is -0.258 e. The van der Waals surface area contributed by atoms with E-state index in [1.54, 1.807) is 12.3 Å². The quantitative estimate of drug-likeness (QED) is 0.485. The summed E-state index contributed by atoms with van der Waals surface area (Å²) in [6, 6.07) is 10.7. The van der Waals surface area contributed by atoms with Crippen molar-refractivity contribution in [2.45, 2.75) is 0 Å². The average molecular weight is 311 g/mol. The van der Waals surface area contributed by atoms with Crippen molar-refractivity contribution < 1.29 is 4.92 Å². The Balaban J connectivity index is 2.20. The van der Waals surface area contributed by atoms with Crippen LogP contribution in [0.3, 0.4) is 0 Å². The van der Waals surface area contributed by atoms with Gasteiger partial charge in [-0.25, -0.2) is 0 Å². The van der Waals surface area contributed by atoms with Gasteiger partial charge in [0, 0.05) is 16.8 Å². The summed E-state index contributed by atoms with van der Waals surface area (Å²) >= 11 is 4.48. The molecule has 0 unspecified atom stereocenters. The molecule has 86 valence electrons. The first-order chi connectivity index (χ1) is 8.16. The molecule has 2 rings (SSSR count). The van der Waals surface area contributed by atoms with Crippen LogP contribution in [0.5, 0.6) is 0 Å². The molecule has 0 aliphatic rings. The van der Waals surface area contributed by atoms with E-state index < -0.39 is 4.92 Å². The Bertz CT molecular complexity index is 580. The van der Waals surface area contributed by atoms with Crippen molar-refractivity contribution in [3.63, 3.8) is 0 Å². The van der Waals surface area contributed by atoms with Gasteiger partial charge in [-0.3, -0.25) is 15.1 Å². The van der Waals surface area contributed by atoms with Gasteiger partial charge in [0.25, 0.3) is 0 Å². The third kappa shape index (κ3) is 2.98. The zero-order valence-electron chi connectivity index (χ0n) is 8.54. The van der Waals surface area contributed by atoms with E-state index in [2.05, 4.69) is 20.9 Å². The summed E-state index contributed by atoms with van der Waals surface area (Å²) in [6.45, 7) is 0. The number of benzene rings is 1. The average Bonchev–Trinajstić information content (AvgIpc) is 2.77. The molecular weight excluding hydrogens is 304 g/mol. The van der Waals surface area contributed by atoms with Crippen LogP contribution in [-0.2, 0) is 0 Å². The van der Waals surface area contributed by atoms with Gasteiger partial charge in [0.1, 0.15) is 0 Å². The van der Waals surface area contributed by atoms with E-state index in [1.807, 2.05) is 24.3 Å². The molecule has 0 saturated carbocycles. The molecular formula is C11H7BrN2O2S. The Kier molecular flexibility index (Phi) is 3.65. The fraction of sp³-hybridized carbons (Fsp3) is 0. The lowest BCUT2D eigenvalue weighted by molar-refractivity contribution is -0.380. The topological polar surface area (TPSA) is 55.5 Å². The minimum absolute atomic E-state index is 0.124. The van der Waals surface area contributed by atoms with Gasteiger partial charge in [-0.1, -0.05) is 23.5 Å². The van der Waals surface area contributed by atoms with Gasteiger partial charge in [0.2, 0.25) is 0 Å². The second-order valence-electron chi connectivity index (χ2n) is 3.14. The Labute approximate surface area is 110 Å². The summed E-state index contributed by atoms with van der Waals surface area (Å²) in [5.74, 6) is 0. The van der Waals surface area contributed by atoms with E-state index in [9.17, 15) is 10.1 Å². The highest BCUT2D eigenvalue weighted by molar-refractivity contribution is 9.10. The van der Waals surface area contributed by atoms with Gasteiger partial charge in [-0.05, 0) is 34.1 Å². The molecule has 0 radical (unpaired) electrons. The maximum Gasteiger partial charge on any atom is 0.324 e. The van der Waals surface area contributed by atoms with Gasteiger partial charge in [0.15, 0.2) is 0 Å². The Hall–Kier alpha value is -1.53. The first kappa shape index (κ1) is 11.9. The Morgan fingerprint density at radius 3 is 2.71 bits per heavy atom. The lowest BCUT2D eigenvalue weighted by Crippen LogP contribution is -1.80. The van der Waals surface area contributed by atoms with Crippen molar-refractivity contribution in [2.24, 2.45) is 4.99 Å². The molecule has 0 bridgehead atoms. The Morgan fingerprint density at radius 2 is 2.06 bits per heavy atom. The summed E-state index contributed by atoms with van der Waals surface area (Å²) in [7, 11) is 0. The predicted molar refractivity (Wildman–Crippen MR) is 72.4 cm³/mol. The summed E-state index contributed by atoms with van der Waals surface area (Å²) in [4.78, 5) is 15.1. The summed E-state index contributed by atoms with van der Waals surface area (Å²) in [5, 5.41) is 10.6. The molecule has 4 nitrogen and oxygen atoms in total. The fourth-order valence-corrected chi connectivity index (χ4v) is 2.28. The molecule has 0 aliphatic carbocycles. The number of rotatable bonds is 3. The maximum absolute atomic E-state index is 10.5. The first-order valence-electron chi connectivity index (χ1n) is 4.69. The van der Waals surface area contributed by atoms with Crippen LogP contribution >= 0.6 is 27.3 Å². The molecule has 1 aromatic carbocycles. The second-order valence-corrected chi connectivity index (χ2v) is 5.09. The molecule has 0 aliphatic heterocycles. The van der Waals surface area contributed by atoms with Crippen molar-refractivity contribution in [1.29, 1.82) is 0 Å². The third-order valence-corrected chi connectivity index (χ3v) is 3.62. The molecule has 0 amide bonds. The molecule has 0 saturated heterocycles. The standard InChI is InChI=1S/C11H7BrN2O2S/c12-9-3-1-2-4-10(9)13-7-8-5-6-11(17-8)14(15)16/h1-7H. The number of para-hydroxylation sites is 1. The van der Waals surface area contributed by atoms with Crippen molar-refractivity contribution >= 4 is 44.2 Å². The zero-order chi connectivity index (χ0) is 12.3. The highest BCUT2D eigenvalue weighted by Gasteiger charge is 2.07. The molecule has 2 aromatic rings. The van der Waals surface area contributed by atoms with Crippen LogP contribution in [-0.4, -0.2) is 11.1 Å². The van der Waals surface area contributed by atoms with Crippen LogP contribution in [0, 0.1) is 10.1 Å². The molecule has 6 heteroatoms. The van der Waals surface area contributed by atoms with Crippen LogP contribution in [0.1, 0.15) is 4.88 Å². The fourth-order valence-electron chi connectivity index (χ4n) is 1.20. The predicted octanol–water partition coefficient (Wildman–Crippen LogP) is 4.17. The highest BCUT2D eigenvalue weighted by Crippen LogP contribution is 2.26. The molecule has 1 heterocycles. The minimum atomic E-state index is -0.402. The van der Waals surface area contributed by atoms with Crippen LogP contribution in [0.25, 0.3) is 0 Å². The first-order valence-corrected chi connectivity index (χ1v) is 6.30. The smallest absolute Gasteiger partial charge is 0.258 e. The number of nitro groups is 1. The number of hydrogen-bond donors (Lipinski definition) is 0. The monoisotopic (exact) mass is 310 g/mol. The van der Waals surface area contributed by atoms with E-state index in [1.165, 1.54) is 6.07 Å². The molecule has 0 N–H and O–H groups in total. The second kappa shape index (κ2) is 5.20. The zero-order valence-corrected chi connectivity index (χ0v) is 10.9. The number of hydrogen-bond acceptors (Lipinski definition) is 4. The highest BCUT2D eigenvalue weighted by atomic mass is 79.9. The molecule has 0 spiro atoms. The summed E-state index contributed by atoms with van der Waals surface area (Å²) < 4.78 is 0.891. The lowest BCUT2D eigenvalue weighted by Gasteiger charge is -1.95. The molecule has 0 fully saturated rings. The van der Waals surface area contributed by atoms with Gasteiger partial charge in [-0.15, -0.1) is 0 Å².